The van der Waals surface area contributed by atoms with Crippen LogP contribution in [0.2, 0.25) is 0 Å². The van der Waals surface area contributed by atoms with E-state index >= 15 is 0 Å². The van der Waals surface area contributed by atoms with E-state index in [0.717, 1.165) is 0 Å². The largest absolute Gasteiger partial charge is 0.492 e. The van der Waals surface area contributed by atoms with Crippen molar-refractivity contribution in [2.24, 2.45) is 5.73 Å². The third kappa shape index (κ3) is 2.72. The summed E-state index contributed by atoms with van der Waals surface area (Å²) in [5, 5.41) is 10.4. The summed E-state index contributed by atoms with van der Waals surface area (Å²) >= 11 is 0. The van der Waals surface area contributed by atoms with E-state index in [2.05, 4.69) is 0 Å². The summed E-state index contributed by atoms with van der Waals surface area (Å²) in [6, 6.07) is 6.01. The number of ether oxygens (including phenoxy) is 1. The van der Waals surface area contributed by atoms with Gasteiger partial charge in [-0.1, -0.05) is 6.07 Å². The van der Waals surface area contributed by atoms with Crippen LogP contribution < -0.4 is 10.5 Å². The summed E-state index contributed by atoms with van der Waals surface area (Å²) in [5.74, 6) is 0.472. The zero-order chi connectivity index (χ0) is 9.68. The summed E-state index contributed by atoms with van der Waals surface area (Å²) in [4.78, 5) is 9.89. The Morgan fingerprint density at radius 3 is 2.92 bits per heavy atom. The highest BCUT2D eigenvalue weighted by Gasteiger charge is 2.05. The third-order valence-corrected chi connectivity index (χ3v) is 1.42. The quantitative estimate of drug-likeness (QED) is 0.555. The molecule has 2 N–H and O–H groups in total. The average molecular weight is 182 g/mol. The zero-order valence-electron chi connectivity index (χ0n) is 6.97. The van der Waals surface area contributed by atoms with Gasteiger partial charge < -0.3 is 10.5 Å². The standard InChI is InChI=1S/C8H10N2O3/c9-4-5-13-8-3-1-2-7(6-8)10(11)12/h1-3,6H,4-5,9H2. The summed E-state index contributed by atoms with van der Waals surface area (Å²) in [7, 11) is 0. The fourth-order valence-corrected chi connectivity index (χ4v) is 0.864. The van der Waals surface area contributed by atoms with Crippen LogP contribution in [0.4, 0.5) is 5.69 Å². The van der Waals surface area contributed by atoms with Gasteiger partial charge in [-0.15, -0.1) is 0 Å². The second-order valence-corrected chi connectivity index (χ2v) is 2.39. The summed E-state index contributed by atoms with van der Waals surface area (Å²) < 4.78 is 5.12. The maximum Gasteiger partial charge on any atom is 0.273 e. The van der Waals surface area contributed by atoms with Gasteiger partial charge in [-0.05, 0) is 6.07 Å². The number of nitrogens with two attached hydrogens (primary N) is 1. The Bertz CT molecular complexity index is 301. The number of nitro benzene ring substituents is 1. The van der Waals surface area contributed by atoms with Gasteiger partial charge in [0.2, 0.25) is 0 Å². The highest BCUT2D eigenvalue weighted by Crippen LogP contribution is 2.18. The molecule has 0 amide bonds. The van der Waals surface area contributed by atoms with Crippen molar-refractivity contribution in [3.8, 4) is 5.75 Å². The van der Waals surface area contributed by atoms with Crippen LogP contribution in [0.25, 0.3) is 0 Å². The second-order valence-electron chi connectivity index (χ2n) is 2.39. The minimum Gasteiger partial charge on any atom is -0.492 e. The number of benzene rings is 1. The number of hydrogen-bond donors (Lipinski definition) is 1. The predicted molar refractivity (Wildman–Crippen MR) is 47.6 cm³/mol. The Morgan fingerprint density at radius 1 is 1.54 bits per heavy atom. The van der Waals surface area contributed by atoms with Gasteiger partial charge in [-0.25, -0.2) is 0 Å². The molecule has 0 radical (unpaired) electrons. The molecule has 0 aliphatic carbocycles. The topological polar surface area (TPSA) is 78.4 Å². The molecule has 0 unspecified atom stereocenters. The van der Waals surface area contributed by atoms with E-state index < -0.39 is 4.92 Å². The van der Waals surface area contributed by atoms with Crippen molar-refractivity contribution >= 4 is 5.69 Å². The number of nitro groups is 1. The molecule has 0 heterocycles. The second kappa shape index (κ2) is 4.42. The molecule has 1 aromatic carbocycles. The summed E-state index contributed by atoms with van der Waals surface area (Å²) in [6.45, 7) is 0.754. The minimum atomic E-state index is -0.463. The first-order valence-electron chi connectivity index (χ1n) is 3.81. The summed E-state index contributed by atoms with van der Waals surface area (Å²) in [5.41, 5.74) is 5.24. The van der Waals surface area contributed by atoms with Gasteiger partial charge in [0.1, 0.15) is 12.4 Å². The lowest BCUT2D eigenvalue weighted by atomic mass is 10.3. The van der Waals surface area contributed by atoms with Crippen molar-refractivity contribution in [3.63, 3.8) is 0 Å². The molecule has 0 aliphatic heterocycles. The molecule has 1 aromatic rings. The predicted octanol–water partition coefficient (Wildman–Crippen LogP) is 0.932. The highest BCUT2D eigenvalue weighted by atomic mass is 16.6. The molecule has 5 nitrogen and oxygen atoms in total. The van der Waals surface area contributed by atoms with Crippen LogP contribution >= 0.6 is 0 Å². The molecule has 5 heteroatoms. The molecule has 0 fully saturated rings. The number of hydrogen-bond acceptors (Lipinski definition) is 4. The van der Waals surface area contributed by atoms with Crippen LogP contribution in [0.15, 0.2) is 24.3 Å². The Morgan fingerprint density at radius 2 is 2.31 bits per heavy atom. The van der Waals surface area contributed by atoms with Crippen LogP contribution in [0.5, 0.6) is 5.75 Å². The maximum absolute atomic E-state index is 10.4. The first-order valence-corrected chi connectivity index (χ1v) is 3.81. The highest BCUT2D eigenvalue weighted by molar-refractivity contribution is 5.37. The maximum atomic E-state index is 10.4. The van der Waals surface area contributed by atoms with E-state index in [0.29, 0.717) is 18.9 Å². The molecule has 0 atom stereocenters. The number of rotatable bonds is 4. The lowest BCUT2D eigenvalue weighted by molar-refractivity contribution is -0.384. The Hall–Kier alpha value is -1.62. The van der Waals surface area contributed by atoms with E-state index in [1.165, 1.54) is 12.1 Å². The lowest BCUT2D eigenvalue weighted by Crippen LogP contribution is -2.10. The Balaban J connectivity index is 2.73. The van der Waals surface area contributed by atoms with E-state index in [9.17, 15) is 10.1 Å². The summed E-state index contributed by atoms with van der Waals surface area (Å²) in [6.07, 6.45) is 0. The fraction of sp³-hybridized carbons (Fsp3) is 0.250. The number of non-ortho nitro benzene ring substituents is 1. The van der Waals surface area contributed by atoms with Crippen molar-refractivity contribution in [1.82, 2.24) is 0 Å². The van der Waals surface area contributed by atoms with Crippen molar-refractivity contribution in [2.45, 2.75) is 0 Å². The van der Waals surface area contributed by atoms with Crippen molar-refractivity contribution in [3.05, 3.63) is 34.4 Å². The molecule has 0 saturated carbocycles. The van der Waals surface area contributed by atoms with E-state index in [1.54, 1.807) is 12.1 Å². The molecule has 13 heavy (non-hydrogen) atoms. The van der Waals surface area contributed by atoms with Gasteiger partial charge >= 0.3 is 0 Å². The first-order chi connectivity index (χ1) is 6.24. The average Bonchev–Trinajstić information content (AvgIpc) is 2.15. The monoisotopic (exact) mass is 182 g/mol. The van der Waals surface area contributed by atoms with Crippen molar-refractivity contribution < 1.29 is 9.66 Å². The molecule has 0 spiro atoms. The van der Waals surface area contributed by atoms with Crippen LogP contribution in [-0.4, -0.2) is 18.1 Å². The molecule has 0 bridgehead atoms. The van der Waals surface area contributed by atoms with Gasteiger partial charge in [0.25, 0.3) is 5.69 Å². The minimum absolute atomic E-state index is 0.0227. The zero-order valence-corrected chi connectivity index (χ0v) is 6.97. The first kappa shape index (κ1) is 9.47. The molecule has 0 aliphatic rings. The normalized spacial score (nSPS) is 9.62. The SMILES string of the molecule is NCCOc1cccc([N+](=O)[O-])c1. The van der Waals surface area contributed by atoms with Gasteiger partial charge in [-0.2, -0.15) is 0 Å². The van der Waals surface area contributed by atoms with E-state index in [1.807, 2.05) is 0 Å². The lowest BCUT2D eigenvalue weighted by Gasteiger charge is -2.02. The molecule has 0 aromatic heterocycles. The molecule has 70 valence electrons. The van der Waals surface area contributed by atoms with Gasteiger partial charge in [0, 0.05) is 12.6 Å². The number of nitrogens with zero attached hydrogens (tertiary/aromatic N) is 1. The molecular weight excluding hydrogens is 172 g/mol. The van der Waals surface area contributed by atoms with Gasteiger partial charge in [0.15, 0.2) is 0 Å². The van der Waals surface area contributed by atoms with Crippen LogP contribution in [0.3, 0.4) is 0 Å². The van der Waals surface area contributed by atoms with Crippen molar-refractivity contribution in [2.75, 3.05) is 13.2 Å². The fourth-order valence-electron chi connectivity index (χ4n) is 0.864. The van der Waals surface area contributed by atoms with E-state index in [4.69, 9.17) is 10.5 Å². The van der Waals surface area contributed by atoms with Gasteiger partial charge in [0.05, 0.1) is 11.0 Å². The molecular formula is C8H10N2O3. The Kier molecular flexibility index (Phi) is 3.22. The van der Waals surface area contributed by atoms with Gasteiger partial charge in [-0.3, -0.25) is 10.1 Å². The third-order valence-electron chi connectivity index (χ3n) is 1.42. The van der Waals surface area contributed by atoms with Crippen LogP contribution in [-0.2, 0) is 0 Å². The van der Waals surface area contributed by atoms with Crippen LogP contribution in [0.1, 0.15) is 0 Å². The van der Waals surface area contributed by atoms with E-state index in [-0.39, 0.29) is 5.69 Å². The Labute approximate surface area is 75.3 Å². The molecule has 1 rings (SSSR count). The smallest absolute Gasteiger partial charge is 0.273 e. The molecule has 0 saturated heterocycles. The van der Waals surface area contributed by atoms with Crippen LogP contribution in [0, 0.1) is 10.1 Å². The van der Waals surface area contributed by atoms with Crippen molar-refractivity contribution in [1.29, 1.82) is 0 Å².